The van der Waals surface area contributed by atoms with Gasteiger partial charge in [0.15, 0.2) is 0 Å². The second kappa shape index (κ2) is 15.9. The van der Waals surface area contributed by atoms with E-state index in [1.165, 1.54) is 0 Å². The molecule has 0 aliphatic heterocycles. The van der Waals surface area contributed by atoms with Crippen LogP contribution in [0.2, 0.25) is 0 Å². The number of rotatable bonds is 0. The summed E-state index contributed by atoms with van der Waals surface area (Å²) in [4.78, 5) is 0. The number of hydrogen-bond donors (Lipinski definition) is 0. The summed E-state index contributed by atoms with van der Waals surface area (Å²) in [5.41, 5.74) is 0. The Morgan fingerprint density at radius 1 is 0.409 bits per heavy atom. The van der Waals surface area contributed by atoms with E-state index in [9.17, 15) is 0 Å². The van der Waals surface area contributed by atoms with Crippen LogP contribution in [-0.2, 0) is 92.9 Å². The second-order valence-electron chi connectivity index (χ2n) is 2.82. The standard InChI is InChI=1S/4CH4O3S.2Zr/c4*1-5(2,3)4;;/h4*1H3,(H,2,3,4);;/q;;;;2*+2/p-4. The van der Waals surface area contributed by atoms with Gasteiger partial charge >= 0.3 is 52.4 Å². The SMILES string of the molecule is CS(=O)(=O)[O-].CS(=O)(=O)[O-].CS(=O)(=O)[O-].CS(=O)(=O)[O-].[Zr+2].[Zr+2]. The Morgan fingerprint density at radius 2 is 0.409 bits per heavy atom. The molecule has 132 valence electrons. The monoisotopic (exact) mass is 560 g/mol. The molecule has 0 N–H and O–H groups in total. The molecule has 0 fully saturated rings. The third kappa shape index (κ3) is 4510. The van der Waals surface area contributed by atoms with E-state index in [1.54, 1.807) is 0 Å². The summed E-state index contributed by atoms with van der Waals surface area (Å²) in [6.45, 7) is 0. The molecule has 0 aliphatic carbocycles. The molecule has 0 unspecified atom stereocenters. The van der Waals surface area contributed by atoms with Crippen LogP contribution < -0.4 is 0 Å². The van der Waals surface area contributed by atoms with Crippen LogP contribution in [-0.4, -0.2) is 76.9 Å². The van der Waals surface area contributed by atoms with Gasteiger partial charge in [-0.3, -0.25) is 0 Å². The van der Waals surface area contributed by atoms with Gasteiger partial charge in [-0.05, 0) is 0 Å². The third-order valence-electron chi connectivity index (χ3n) is 0. The molecule has 0 radical (unpaired) electrons. The molecule has 0 bridgehead atoms. The Balaban J connectivity index is -0.0000000376. The Morgan fingerprint density at radius 3 is 0.409 bits per heavy atom. The van der Waals surface area contributed by atoms with E-state index in [0.29, 0.717) is 25.0 Å². The summed E-state index contributed by atoms with van der Waals surface area (Å²) in [6, 6.07) is 0. The zero-order valence-corrected chi connectivity index (χ0v) is 19.7. The van der Waals surface area contributed by atoms with Crippen molar-refractivity contribution in [1.29, 1.82) is 0 Å². The largest absolute Gasteiger partial charge is 2.00 e. The molecular formula is C4H12O12S4Zr2. The molecule has 0 aliphatic rings. The Hall–Kier alpha value is 1.41. The van der Waals surface area contributed by atoms with E-state index in [1.807, 2.05) is 0 Å². The molecule has 0 saturated carbocycles. The van der Waals surface area contributed by atoms with Crippen LogP contribution >= 0.6 is 0 Å². The molecule has 0 rings (SSSR count). The first-order valence-electron chi connectivity index (χ1n) is 3.63. The minimum Gasteiger partial charge on any atom is -0.748 e. The molecule has 18 heteroatoms. The van der Waals surface area contributed by atoms with Crippen molar-refractivity contribution in [3.63, 3.8) is 0 Å². The first-order valence-corrected chi connectivity index (χ1v) is 10.9. The molecule has 0 aromatic heterocycles. The average Bonchev–Trinajstić information content (AvgIpc) is 1.62. The zero-order valence-electron chi connectivity index (χ0n) is 11.5. The van der Waals surface area contributed by atoms with Gasteiger partial charge in [0.05, 0.1) is 40.5 Å². The van der Waals surface area contributed by atoms with Crippen LogP contribution in [0.15, 0.2) is 0 Å². The normalized spacial score (nSPS) is 10.5. The van der Waals surface area contributed by atoms with Crippen LogP contribution in [0.3, 0.4) is 0 Å². The van der Waals surface area contributed by atoms with Crippen LogP contribution in [0.1, 0.15) is 0 Å². The van der Waals surface area contributed by atoms with Gasteiger partial charge in [0, 0.05) is 25.0 Å². The van der Waals surface area contributed by atoms with Gasteiger partial charge in [-0.25, -0.2) is 33.7 Å². The predicted molar refractivity (Wildman–Crippen MR) is 62.5 cm³/mol. The Bertz CT molecular complexity index is 490. The molecule has 0 spiro atoms. The van der Waals surface area contributed by atoms with E-state index < -0.39 is 40.5 Å². The summed E-state index contributed by atoms with van der Waals surface area (Å²) in [5.74, 6) is 0. The summed E-state index contributed by atoms with van der Waals surface area (Å²) >= 11 is 0. The molecule has 0 amide bonds. The summed E-state index contributed by atoms with van der Waals surface area (Å²) < 4.78 is 109. The van der Waals surface area contributed by atoms with E-state index in [2.05, 4.69) is 0 Å². The van der Waals surface area contributed by atoms with Crippen molar-refractivity contribution in [3.8, 4) is 0 Å². The minimum atomic E-state index is -3.92. The quantitative estimate of drug-likeness (QED) is 0.263. The third-order valence-corrected chi connectivity index (χ3v) is 0. The van der Waals surface area contributed by atoms with Gasteiger partial charge in [-0.15, -0.1) is 0 Å². The van der Waals surface area contributed by atoms with Gasteiger partial charge in [-0.1, -0.05) is 0 Å². The summed E-state index contributed by atoms with van der Waals surface area (Å²) in [7, 11) is -15.7. The van der Waals surface area contributed by atoms with Gasteiger partial charge in [-0.2, -0.15) is 0 Å². The Kier molecular flexibility index (Phi) is 28.0. The van der Waals surface area contributed by atoms with Crippen LogP contribution in [0.5, 0.6) is 0 Å². The van der Waals surface area contributed by atoms with Crippen molar-refractivity contribution >= 4 is 40.5 Å². The van der Waals surface area contributed by atoms with Crippen molar-refractivity contribution in [2.45, 2.75) is 0 Å². The summed E-state index contributed by atoms with van der Waals surface area (Å²) in [5, 5.41) is 0. The topological polar surface area (TPSA) is 229 Å². The molecule has 0 atom stereocenters. The molecule has 12 nitrogen and oxygen atoms in total. The van der Waals surface area contributed by atoms with Crippen molar-refractivity contribution in [1.82, 2.24) is 0 Å². The van der Waals surface area contributed by atoms with Crippen LogP contribution in [0.4, 0.5) is 0 Å². The molecule has 0 heterocycles. The minimum absolute atomic E-state index is 0. The van der Waals surface area contributed by atoms with Crippen molar-refractivity contribution in [3.05, 3.63) is 0 Å². The molecule has 22 heavy (non-hydrogen) atoms. The van der Waals surface area contributed by atoms with E-state index in [0.717, 1.165) is 0 Å². The van der Waals surface area contributed by atoms with Gasteiger partial charge in [0.2, 0.25) is 0 Å². The van der Waals surface area contributed by atoms with E-state index in [-0.39, 0.29) is 52.4 Å². The van der Waals surface area contributed by atoms with E-state index in [4.69, 9.17) is 51.9 Å². The molecular weight excluding hydrogens is 551 g/mol. The van der Waals surface area contributed by atoms with Crippen LogP contribution in [0.25, 0.3) is 0 Å². The fourth-order valence-electron chi connectivity index (χ4n) is 0. The van der Waals surface area contributed by atoms with Gasteiger partial charge < -0.3 is 18.2 Å². The van der Waals surface area contributed by atoms with E-state index >= 15 is 0 Å². The van der Waals surface area contributed by atoms with Crippen molar-refractivity contribution < 1.29 is 104 Å². The predicted octanol–water partition coefficient (Wildman–Crippen LogP) is -3.36. The zero-order chi connectivity index (χ0) is 18.0. The van der Waals surface area contributed by atoms with Crippen molar-refractivity contribution in [2.75, 3.05) is 25.0 Å². The number of hydrogen-bond acceptors (Lipinski definition) is 12. The first-order chi connectivity index (χ1) is 8.00. The maximum Gasteiger partial charge on any atom is 2.00 e. The maximum atomic E-state index is 9.08. The van der Waals surface area contributed by atoms with Crippen molar-refractivity contribution in [2.24, 2.45) is 0 Å². The fourth-order valence-corrected chi connectivity index (χ4v) is 0. The van der Waals surface area contributed by atoms with Gasteiger partial charge in [0.25, 0.3) is 0 Å². The maximum absolute atomic E-state index is 9.08. The Labute approximate surface area is 168 Å². The molecule has 0 aromatic rings. The second-order valence-corrected chi connectivity index (χ2v) is 8.45. The van der Waals surface area contributed by atoms with Gasteiger partial charge in [0.1, 0.15) is 0 Å². The first kappa shape index (κ1) is 38.8. The van der Waals surface area contributed by atoms with Crippen LogP contribution in [0, 0.1) is 0 Å². The fraction of sp³-hybridized carbons (Fsp3) is 1.00. The smallest absolute Gasteiger partial charge is 0.748 e. The molecule has 0 aromatic carbocycles. The molecule has 0 saturated heterocycles. The average molecular weight is 563 g/mol. The summed E-state index contributed by atoms with van der Waals surface area (Å²) in [6.07, 6.45) is 2.42.